The van der Waals surface area contributed by atoms with Crippen LogP contribution in [0.4, 0.5) is 33.6 Å². The molecule has 4 rings (SSSR count). The fourth-order valence-electron chi connectivity index (χ4n) is 3.21. The van der Waals surface area contributed by atoms with Crippen LogP contribution < -0.4 is 16.5 Å². The van der Waals surface area contributed by atoms with Crippen LogP contribution in [-0.4, -0.2) is 53.1 Å². The maximum absolute atomic E-state index is 14.2. The first-order valence-electron chi connectivity index (χ1n) is 9.70. The number of aromatic nitrogens is 1. The molecule has 15 heteroatoms. The lowest BCUT2D eigenvalue weighted by atomic mass is 10.1. The number of halogens is 6. The number of alkyl halides is 3. The van der Waals surface area contributed by atoms with E-state index >= 15 is 0 Å². The molecular weight excluding hydrogens is 499 g/mol. The summed E-state index contributed by atoms with van der Waals surface area (Å²) in [7, 11) is 0. The maximum atomic E-state index is 14.2. The lowest BCUT2D eigenvalue weighted by molar-refractivity contribution is -0.838. The second kappa shape index (κ2) is 9.85. The standard InChI is InChI=1S/C20H15F5N8O.ClH/c21-11-1-2-12(14(22)7-11)15-9-33(17(8-28-15)29-10-31-33)30-6-5-27-16-4-3-13(19(26)32-16)18(34)20(23,24)25;/h1-4,7-10,30H,5-6H2,(H2-,26,27,32,34);1H/p+1. The first-order valence-corrected chi connectivity index (χ1v) is 9.70. The Labute approximate surface area is 200 Å². The van der Waals surface area contributed by atoms with E-state index in [0.717, 1.165) is 18.2 Å². The van der Waals surface area contributed by atoms with Gasteiger partial charge in [-0.25, -0.2) is 18.8 Å². The number of hydrogen-bond acceptors (Lipinski definition) is 8. The number of nitrogens with zero attached hydrogens (tertiary/aromatic N) is 5. The Morgan fingerprint density at radius 1 is 1.11 bits per heavy atom. The third kappa shape index (κ3) is 5.34. The molecule has 0 saturated carbocycles. The van der Waals surface area contributed by atoms with Gasteiger partial charge in [0.25, 0.3) is 11.6 Å². The maximum Gasteiger partial charge on any atom is 0.455 e. The van der Waals surface area contributed by atoms with Gasteiger partial charge in [0.2, 0.25) is 0 Å². The highest BCUT2D eigenvalue weighted by molar-refractivity contribution is 6.29. The van der Waals surface area contributed by atoms with Gasteiger partial charge in [-0.15, -0.1) is 17.8 Å². The molecule has 2 aliphatic rings. The fraction of sp³-hybridized carbons (Fsp3) is 0.150. The number of aliphatic imine (C=N–C) groups is 2. The van der Waals surface area contributed by atoms with Gasteiger partial charge in [0.15, 0.2) is 12.5 Å². The molecule has 4 N–H and O–H groups in total. The molecule has 0 spiro atoms. The number of pyridine rings is 1. The molecule has 0 aliphatic carbocycles. The Morgan fingerprint density at radius 3 is 2.57 bits per heavy atom. The highest BCUT2D eigenvalue weighted by Crippen LogP contribution is 2.28. The Balaban J connectivity index is 0.00000342. The SMILES string of the molecule is Cl.Nc1nc(NCCN[N+]23C=C(c4ccc(F)cc4F)N=CC2=NC=N3)ccc1C(=O)C(F)(F)F. The van der Waals surface area contributed by atoms with E-state index in [1.54, 1.807) is 0 Å². The summed E-state index contributed by atoms with van der Waals surface area (Å²) in [5.41, 5.74) is 8.12. The Morgan fingerprint density at radius 2 is 1.89 bits per heavy atom. The Hall–Kier alpha value is -3.75. The van der Waals surface area contributed by atoms with Crippen molar-refractivity contribution in [2.24, 2.45) is 15.1 Å². The van der Waals surface area contributed by atoms with Gasteiger partial charge >= 0.3 is 6.18 Å². The Kier molecular flexibility index (Phi) is 7.28. The molecule has 184 valence electrons. The van der Waals surface area contributed by atoms with Gasteiger partial charge in [-0.2, -0.15) is 18.2 Å². The number of ketones is 1. The summed E-state index contributed by atoms with van der Waals surface area (Å²) in [5.74, 6) is -3.59. The van der Waals surface area contributed by atoms with Gasteiger partial charge in [0, 0.05) is 18.2 Å². The largest absolute Gasteiger partial charge is 0.455 e. The average Bonchev–Trinajstić information content (AvgIpc) is 3.19. The average molecular weight is 516 g/mol. The molecule has 35 heavy (non-hydrogen) atoms. The zero-order chi connectivity index (χ0) is 24.5. The lowest BCUT2D eigenvalue weighted by Crippen LogP contribution is -2.55. The van der Waals surface area contributed by atoms with Crippen LogP contribution in [0.15, 0.2) is 51.6 Å². The lowest BCUT2D eigenvalue weighted by Gasteiger charge is -2.26. The fourth-order valence-corrected chi connectivity index (χ4v) is 3.21. The van der Waals surface area contributed by atoms with Gasteiger partial charge in [-0.1, -0.05) is 0 Å². The van der Waals surface area contributed by atoms with E-state index in [4.69, 9.17) is 5.73 Å². The molecule has 9 nitrogen and oxygen atoms in total. The van der Waals surface area contributed by atoms with Crippen LogP contribution in [0.5, 0.6) is 0 Å². The number of nitrogens with two attached hydrogens (primary N) is 1. The molecule has 2 aliphatic heterocycles. The summed E-state index contributed by atoms with van der Waals surface area (Å²) < 4.78 is 64.9. The van der Waals surface area contributed by atoms with E-state index in [1.165, 1.54) is 30.9 Å². The molecule has 0 saturated heterocycles. The smallest absolute Gasteiger partial charge is 0.383 e. The number of Topliss-reactive ketones (excluding diaryl/α,β-unsaturated/α-hetero) is 1. The molecule has 1 aromatic carbocycles. The summed E-state index contributed by atoms with van der Waals surface area (Å²) in [6.07, 6.45) is -0.878. The number of nitrogens with one attached hydrogen (secondary N) is 2. The summed E-state index contributed by atoms with van der Waals surface area (Å²) in [6.45, 7) is 0.442. The number of fused-ring (bicyclic) bond motifs is 1. The van der Waals surface area contributed by atoms with Gasteiger partial charge in [0.05, 0.1) is 12.1 Å². The number of hydrogen-bond donors (Lipinski definition) is 3. The molecule has 1 atom stereocenters. The minimum Gasteiger partial charge on any atom is -0.383 e. The van der Waals surface area contributed by atoms with Crippen molar-refractivity contribution in [1.29, 1.82) is 0 Å². The van der Waals surface area contributed by atoms with Gasteiger partial charge < -0.3 is 11.1 Å². The van der Waals surface area contributed by atoms with Crippen LogP contribution in [0, 0.1) is 11.6 Å². The highest BCUT2D eigenvalue weighted by Gasteiger charge is 2.41. The monoisotopic (exact) mass is 515 g/mol. The van der Waals surface area contributed by atoms with Crippen molar-refractivity contribution in [3.63, 3.8) is 0 Å². The molecular formula is C20H17ClF5N8O+. The number of benzene rings is 1. The van der Waals surface area contributed by atoms with E-state index in [1.807, 2.05) is 0 Å². The highest BCUT2D eigenvalue weighted by atomic mass is 35.5. The van der Waals surface area contributed by atoms with Crippen molar-refractivity contribution in [2.75, 3.05) is 24.1 Å². The third-order valence-corrected chi connectivity index (χ3v) is 4.82. The van der Waals surface area contributed by atoms with E-state index in [9.17, 15) is 26.7 Å². The Bertz CT molecular complexity index is 1280. The molecule has 3 heterocycles. The van der Waals surface area contributed by atoms with Crippen molar-refractivity contribution in [3.8, 4) is 0 Å². The van der Waals surface area contributed by atoms with E-state index in [0.29, 0.717) is 5.84 Å². The van der Waals surface area contributed by atoms with Crippen LogP contribution in [-0.2, 0) is 0 Å². The van der Waals surface area contributed by atoms with E-state index in [2.05, 4.69) is 30.8 Å². The second-order valence-corrected chi connectivity index (χ2v) is 7.09. The van der Waals surface area contributed by atoms with Crippen LogP contribution >= 0.6 is 12.4 Å². The van der Waals surface area contributed by atoms with Crippen molar-refractivity contribution < 1.29 is 31.4 Å². The van der Waals surface area contributed by atoms with Gasteiger partial charge in [-0.05, 0) is 34.1 Å². The predicted octanol–water partition coefficient (Wildman–Crippen LogP) is 3.28. The van der Waals surface area contributed by atoms with Crippen LogP contribution in [0.2, 0.25) is 0 Å². The molecule has 1 unspecified atom stereocenters. The summed E-state index contributed by atoms with van der Waals surface area (Å²) in [4.78, 5) is 23.4. The zero-order valence-corrected chi connectivity index (χ0v) is 18.4. The van der Waals surface area contributed by atoms with E-state index < -0.39 is 35.0 Å². The zero-order valence-electron chi connectivity index (χ0n) is 17.6. The summed E-state index contributed by atoms with van der Waals surface area (Å²) in [6, 6.07) is 5.26. The number of anilines is 2. The van der Waals surface area contributed by atoms with Crippen LogP contribution in [0.3, 0.4) is 0 Å². The quantitative estimate of drug-likeness (QED) is 0.226. The van der Waals surface area contributed by atoms with Gasteiger partial charge in [0.1, 0.15) is 35.2 Å². The first-order chi connectivity index (χ1) is 16.1. The summed E-state index contributed by atoms with van der Waals surface area (Å²) in [5, 5.41) is 7.11. The topological polar surface area (TPSA) is 117 Å². The second-order valence-electron chi connectivity index (χ2n) is 7.09. The number of carbonyl (C=O) groups excluding carboxylic acids is 1. The molecule has 1 aromatic heterocycles. The minimum absolute atomic E-state index is 0. The predicted molar refractivity (Wildman–Crippen MR) is 122 cm³/mol. The first kappa shape index (κ1) is 25.9. The molecule has 2 aromatic rings. The third-order valence-electron chi connectivity index (χ3n) is 4.82. The van der Waals surface area contributed by atoms with Crippen molar-refractivity contribution in [2.45, 2.75) is 6.18 Å². The van der Waals surface area contributed by atoms with Crippen LogP contribution in [0.1, 0.15) is 15.9 Å². The van der Waals surface area contributed by atoms with Crippen molar-refractivity contribution in [1.82, 2.24) is 10.4 Å². The molecule has 0 amide bonds. The van der Waals surface area contributed by atoms with Crippen LogP contribution in [0.25, 0.3) is 5.70 Å². The number of nitrogen functional groups attached to an aromatic ring is 1. The molecule has 0 fully saturated rings. The molecule has 0 bridgehead atoms. The summed E-state index contributed by atoms with van der Waals surface area (Å²) >= 11 is 0. The van der Waals surface area contributed by atoms with Gasteiger partial charge in [-0.3, -0.25) is 4.79 Å². The molecule has 0 radical (unpaired) electrons. The van der Waals surface area contributed by atoms with E-state index in [-0.39, 0.29) is 47.3 Å². The van der Waals surface area contributed by atoms with Crippen molar-refractivity contribution >= 4 is 53.9 Å². The number of rotatable bonds is 7. The number of carbonyl (C=O) groups is 1. The minimum atomic E-state index is -5.06. The number of quaternary nitrogens is 1. The normalized spacial score (nSPS) is 18.4. The van der Waals surface area contributed by atoms with Crippen molar-refractivity contribution in [3.05, 3.63) is 59.3 Å². The number of amidine groups is 1.